The molecule has 0 amide bonds. The molecule has 0 saturated carbocycles. The summed E-state index contributed by atoms with van der Waals surface area (Å²) in [6.07, 6.45) is 63.3. The lowest BCUT2D eigenvalue weighted by atomic mass is 10.0. The highest BCUT2D eigenvalue weighted by Gasteiger charge is 2.19. The zero-order chi connectivity index (χ0) is 45.1. The zero-order valence-corrected chi connectivity index (χ0v) is 40.6. The second-order valence-electron chi connectivity index (χ2n) is 17.1. The van der Waals surface area contributed by atoms with Crippen LogP contribution >= 0.6 is 0 Å². The van der Waals surface area contributed by atoms with E-state index in [0.717, 1.165) is 89.9 Å². The van der Waals surface area contributed by atoms with Crippen LogP contribution in [0.2, 0.25) is 0 Å². The maximum atomic E-state index is 12.8. The SMILES string of the molecule is CC/C=C\C/C=C\C/C=C\C/C=C\CCC(=O)OCC(COC(=O)CCCCCCCCCCCCCCCCCCC)OC(=O)CCCCCCC/C=C\C/C=C\CCCC. The van der Waals surface area contributed by atoms with Crippen LogP contribution in [0.15, 0.2) is 72.9 Å². The smallest absolute Gasteiger partial charge is 0.306 e. The summed E-state index contributed by atoms with van der Waals surface area (Å²) in [6, 6.07) is 0. The molecule has 0 aromatic carbocycles. The maximum Gasteiger partial charge on any atom is 0.306 e. The van der Waals surface area contributed by atoms with E-state index in [9.17, 15) is 14.4 Å². The minimum Gasteiger partial charge on any atom is -0.462 e. The summed E-state index contributed by atoms with van der Waals surface area (Å²) in [5.41, 5.74) is 0. The Kier molecular flexibility index (Phi) is 47.9. The van der Waals surface area contributed by atoms with Crippen LogP contribution in [0, 0.1) is 0 Å². The minimum atomic E-state index is -0.809. The summed E-state index contributed by atoms with van der Waals surface area (Å²) in [5, 5.41) is 0. The highest BCUT2D eigenvalue weighted by atomic mass is 16.6. The number of carbonyl (C=O) groups excluding carboxylic acids is 3. The van der Waals surface area contributed by atoms with E-state index in [1.165, 1.54) is 109 Å². The van der Waals surface area contributed by atoms with Crippen LogP contribution in [0.3, 0.4) is 0 Å². The zero-order valence-electron chi connectivity index (χ0n) is 40.6. The summed E-state index contributed by atoms with van der Waals surface area (Å²) >= 11 is 0. The number of esters is 3. The van der Waals surface area contributed by atoms with Crippen LogP contribution in [0.4, 0.5) is 0 Å². The summed E-state index contributed by atoms with van der Waals surface area (Å²) in [5.74, 6) is -0.998. The molecule has 0 aromatic heterocycles. The van der Waals surface area contributed by atoms with Gasteiger partial charge in [-0.2, -0.15) is 0 Å². The Balaban J connectivity index is 4.44. The molecule has 1 unspecified atom stereocenters. The van der Waals surface area contributed by atoms with Gasteiger partial charge in [-0.15, -0.1) is 0 Å². The first-order valence-corrected chi connectivity index (χ1v) is 25.9. The molecule has 6 heteroatoms. The predicted molar refractivity (Wildman–Crippen MR) is 265 cm³/mol. The van der Waals surface area contributed by atoms with Gasteiger partial charge < -0.3 is 14.2 Å². The quantitative estimate of drug-likeness (QED) is 0.0262. The third kappa shape index (κ3) is 47.9. The van der Waals surface area contributed by atoms with Crippen LogP contribution in [-0.4, -0.2) is 37.2 Å². The lowest BCUT2D eigenvalue weighted by Gasteiger charge is -2.18. The molecule has 0 rings (SSSR count). The average molecular weight is 865 g/mol. The van der Waals surface area contributed by atoms with Gasteiger partial charge in [0.1, 0.15) is 13.2 Å². The minimum absolute atomic E-state index is 0.101. The molecule has 0 bridgehead atoms. The summed E-state index contributed by atoms with van der Waals surface area (Å²) in [7, 11) is 0. The molecule has 0 heterocycles. The molecule has 0 spiro atoms. The Hall–Kier alpha value is -3.15. The van der Waals surface area contributed by atoms with Crippen molar-refractivity contribution in [2.24, 2.45) is 0 Å². The van der Waals surface area contributed by atoms with Gasteiger partial charge in [0, 0.05) is 19.3 Å². The van der Waals surface area contributed by atoms with Crippen molar-refractivity contribution >= 4 is 17.9 Å². The van der Waals surface area contributed by atoms with Gasteiger partial charge in [-0.05, 0) is 70.6 Å². The van der Waals surface area contributed by atoms with Crippen LogP contribution in [0.25, 0.3) is 0 Å². The molecule has 0 aromatic rings. The molecule has 1 atom stereocenters. The van der Waals surface area contributed by atoms with Crippen molar-refractivity contribution in [1.29, 1.82) is 0 Å². The van der Waals surface area contributed by atoms with Gasteiger partial charge in [-0.1, -0.05) is 229 Å². The van der Waals surface area contributed by atoms with Gasteiger partial charge in [0.15, 0.2) is 6.10 Å². The van der Waals surface area contributed by atoms with Crippen LogP contribution < -0.4 is 0 Å². The number of unbranched alkanes of at least 4 members (excludes halogenated alkanes) is 23. The van der Waals surface area contributed by atoms with E-state index in [0.29, 0.717) is 19.3 Å². The Morgan fingerprint density at radius 3 is 1.13 bits per heavy atom. The molecule has 0 saturated heterocycles. The van der Waals surface area contributed by atoms with E-state index in [2.05, 4.69) is 81.5 Å². The first kappa shape index (κ1) is 58.9. The number of rotatable bonds is 46. The van der Waals surface area contributed by atoms with Gasteiger partial charge >= 0.3 is 17.9 Å². The lowest BCUT2D eigenvalue weighted by molar-refractivity contribution is -0.166. The molecule has 6 nitrogen and oxygen atoms in total. The highest BCUT2D eigenvalue weighted by molar-refractivity contribution is 5.71. The Morgan fingerprint density at radius 2 is 0.677 bits per heavy atom. The van der Waals surface area contributed by atoms with Crippen LogP contribution in [0.5, 0.6) is 0 Å². The Bertz CT molecular complexity index is 1180. The molecule has 0 N–H and O–H groups in total. The topological polar surface area (TPSA) is 78.9 Å². The number of carbonyl (C=O) groups is 3. The lowest BCUT2D eigenvalue weighted by Crippen LogP contribution is -2.30. The van der Waals surface area contributed by atoms with Crippen molar-refractivity contribution in [3.05, 3.63) is 72.9 Å². The summed E-state index contributed by atoms with van der Waals surface area (Å²) < 4.78 is 16.7. The number of ether oxygens (including phenoxy) is 3. The second-order valence-corrected chi connectivity index (χ2v) is 17.1. The second kappa shape index (κ2) is 50.5. The van der Waals surface area contributed by atoms with E-state index in [1.807, 2.05) is 12.2 Å². The van der Waals surface area contributed by atoms with Gasteiger partial charge in [0.05, 0.1) is 0 Å². The van der Waals surface area contributed by atoms with Gasteiger partial charge in [-0.3, -0.25) is 14.4 Å². The first-order valence-electron chi connectivity index (χ1n) is 25.9. The van der Waals surface area contributed by atoms with Gasteiger partial charge in [-0.25, -0.2) is 0 Å². The van der Waals surface area contributed by atoms with E-state index in [-0.39, 0.29) is 37.5 Å². The third-order valence-corrected chi connectivity index (χ3v) is 11.0. The van der Waals surface area contributed by atoms with Crippen LogP contribution in [-0.2, 0) is 28.6 Å². The number of hydrogen-bond donors (Lipinski definition) is 0. The molecule has 0 radical (unpaired) electrons. The van der Waals surface area contributed by atoms with Crippen molar-refractivity contribution in [1.82, 2.24) is 0 Å². The molecule has 0 fully saturated rings. The molecule has 356 valence electrons. The molecular formula is C56H96O6. The summed E-state index contributed by atoms with van der Waals surface area (Å²) in [6.45, 7) is 6.41. The van der Waals surface area contributed by atoms with Gasteiger partial charge in [0.2, 0.25) is 0 Å². The van der Waals surface area contributed by atoms with E-state index >= 15 is 0 Å². The first-order chi connectivity index (χ1) is 30.5. The Morgan fingerprint density at radius 1 is 0.339 bits per heavy atom. The average Bonchev–Trinajstić information content (AvgIpc) is 3.27. The van der Waals surface area contributed by atoms with Crippen molar-refractivity contribution in [2.45, 2.75) is 252 Å². The van der Waals surface area contributed by atoms with Crippen LogP contribution in [0.1, 0.15) is 245 Å². The normalized spacial score (nSPS) is 12.6. The maximum absolute atomic E-state index is 12.8. The fourth-order valence-corrected chi connectivity index (χ4v) is 7.06. The van der Waals surface area contributed by atoms with Crippen molar-refractivity contribution in [3.8, 4) is 0 Å². The number of hydrogen-bond acceptors (Lipinski definition) is 6. The third-order valence-electron chi connectivity index (χ3n) is 11.0. The summed E-state index contributed by atoms with van der Waals surface area (Å²) in [4.78, 5) is 37.9. The largest absolute Gasteiger partial charge is 0.462 e. The standard InChI is InChI=1S/C56H96O6/c1-4-7-10-13-16-19-22-25-27-28-29-32-34-37-40-43-46-49-55(58)61-52-53(51-60-54(57)48-45-42-39-36-33-30-24-21-18-15-12-9-6-3)62-56(59)50-47-44-41-38-35-31-26-23-20-17-14-11-8-5-2/h9,12,14,17-18,21,23,26,30,33,39,42,53H,4-8,10-11,13,15-16,19-20,22,24-25,27-29,31-32,34-38,40-41,43-52H2,1-3H3/b12-9-,17-14-,21-18-,26-23-,33-30-,42-39-. The fourth-order valence-electron chi connectivity index (χ4n) is 7.06. The van der Waals surface area contributed by atoms with Crippen molar-refractivity contribution < 1.29 is 28.6 Å². The molecule has 0 aliphatic heterocycles. The van der Waals surface area contributed by atoms with Gasteiger partial charge in [0.25, 0.3) is 0 Å². The Labute approximate surface area is 382 Å². The fraction of sp³-hybridized carbons (Fsp3) is 0.732. The number of allylic oxidation sites excluding steroid dienone is 12. The molecular weight excluding hydrogens is 769 g/mol. The predicted octanol–water partition coefficient (Wildman–Crippen LogP) is 17.0. The molecule has 0 aliphatic rings. The van der Waals surface area contributed by atoms with E-state index < -0.39 is 6.10 Å². The molecule has 0 aliphatic carbocycles. The molecule has 62 heavy (non-hydrogen) atoms. The van der Waals surface area contributed by atoms with E-state index in [4.69, 9.17) is 14.2 Å². The van der Waals surface area contributed by atoms with Crippen molar-refractivity contribution in [3.63, 3.8) is 0 Å². The monoisotopic (exact) mass is 865 g/mol. The highest BCUT2D eigenvalue weighted by Crippen LogP contribution is 2.15. The van der Waals surface area contributed by atoms with Crippen molar-refractivity contribution in [2.75, 3.05) is 13.2 Å². The van der Waals surface area contributed by atoms with E-state index in [1.54, 1.807) is 0 Å².